The standard InChI is InChI=1S/C18H32N4O3/c1-4-6-15(23)12-21-8-10-22(11-9-21)13-17-19-16(14-25-17)18(24)20(3)7-5-2/h14-15,23H,4-13H2,1-3H3. The molecule has 7 heteroatoms. The second-order valence-electron chi connectivity index (χ2n) is 6.87. The Bertz CT molecular complexity index is 526. The minimum absolute atomic E-state index is 0.0911. The quantitative estimate of drug-likeness (QED) is 0.725. The fraction of sp³-hybridized carbons (Fsp3) is 0.778. The predicted octanol–water partition coefficient (Wildman–Crippen LogP) is 1.44. The lowest BCUT2D eigenvalue weighted by molar-refractivity contribution is 0.0634. The molecule has 1 aliphatic heterocycles. The second kappa shape index (κ2) is 9.89. The van der Waals surface area contributed by atoms with Gasteiger partial charge in [0.05, 0.1) is 12.6 Å². The van der Waals surface area contributed by atoms with Crippen LogP contribution < -0.4 is 0 Å². The van der Waals surface area contributed by atoms with Crippen molar-refractivity contribution < 1.29 is 14.3 Å². The van der Waals surface area contributed by atoms with E-state index >= 15 is 0 Å². The molecule has 1 aliphatic rings. The maximum atomic E-state index is 12.2. The van der Waals surface area contributed by atoms with Crippen LogP contribution in [0, 0.1) is 0 Å². The Morgan fingerprint density at radius 3 is 2.60 bits per heavy atom. The van der Waals surface area contributed by atoms with E-state index in [9.17, 15) is 9.90 Å². The van der Waals surface area contributed by atoms with Crippen molar-refractivity contribution in [3.63, 3.8) is 0 Å². The Labute approximate surface area is 150 Å². The van der Waals surface area contributed by atoms with E-state index in [4.69, 9.17) is 4.42 Å². The van der Waals surface area contributed by atoms with Gasteiger partial charge in [0.25, 0.3) is 5.91 Å². The molecule has 1 saturated heterocycles. The van der Waals surface area contributed by atoms with Gasteiger partial charge in [-0.2, -0.15) is 0 Å². The molecule has 142 valence electrons. The Hall–Kier alpha value is -1.44. The Morgan fingerprint density at radius 2 is 1.96 bits per heavy atom. The van der Waals surface area contributed by atoms with Crippen LogP contribution in [0.5, 0.6) is 0 Å². The van der Waals surface area contributed by atoms with E-state index in [0.29, 0.717) is 24.7 Å². The van der Waals surface area contributed by atoms with E-state index in [1.54, 1.807) is 11.9 Å². The smallest absolute Gasteiger partial charge is 0.275 e. The van der Waals surface area contributed by atoms with E-state index in [2.05, 4.69) is 21.7 Å². The predicted molar refractivity (Wildman–Crippen MR) is 96.4 cm³/mol. The van der Waals surface area contributed by atoms with Crippen molar-refractivity contribution in [2.45, 2.75) is 45.8 Å². The fourth-order valence-electron chi connectivity index (χ4n) is 3.16. The molecule has 1 unspecified atom stereocenters. The number of amides is 1. The topological polar surface area (TPSA) is 73.1 Å². The number of piperazine rings is 1. The van der Waals surface area contributed by atoms with Crippen molar-refractivity contribution in [1.82, 2.24) is 19.7 Å². The van der Waals surface area contributed by atoms with Gasteiger partial charge in [-0.05, 0) is 12.8 Å². The van der Waals surface area contributed by atoms with Gasteiger partial charge in [-0.3, -0.25) is 14.6 Å². The average Bonchev–Trinajstić information content (AvgIpc) is 3.05. The van der Waals surface area contributed by atoms with Crippen LogP contribution in [-0.4, -0.2) is 83.1 Å². The van der Waals surface area contributed by atoms with Gasteiger partial charge in [0.2, 0.25) is 5.89 Å². The summed E-state index contributed by atoms with van der Waals surface area (Å²) >= 11 is 0. The molecule has 7 nitrogen and oxygen atoms in total. The van der Waals surface area contributed by atoms with Crippen LogP contribution in [0.3, 0.4) is 0 Å². The summed E-state index contributed by atoms with van der Waals surface area (Å²) in [5.41, 5.74) is 0.382. The third-order valence-electron chi connectivity index (χ3n) is 4.59. The zero-order chi connectivity index (χ0) is 18.2. The van der Waals surface area contributed by atoms with E-state index in [0.717, 1.165) is 52.0 Å². The minimum atomic E-state index is -0.225. The molecule has 0 saturated carbocycles. The highest BCUT2D eigenvalue weighted by atomic mass is 16.3. The number of aromatic nitrogens is 1. The minimum Gasteiger partial charge on any atom is -0.447 e. The molecule has 1 aromatic rings. The summed E-state index contributed by atoms with van der Waals surface area (Å²) < 4.78 is 5.49. The highest BCUT2D eigenvalue weighted by Gasteiger charge is 2.21. The van der Waals surface area contributed by atoms with E-state index < -0.39 is 0 Å². The van der Waals surface area contributed by atoms with Gasteiger partial charge in [-0.25, -0.2) is 4.98 Å². The zero-order valence-corrected chi connectivity index (χ0v) is 15.8. The normalized spacial score (nSPS) is 17.6. The van der Waals surface area contributed by atoms with Crippen LogP contribution in [0.2, 0.25) is 0 Å². The van der Waals surface area contributed by atoms with Crippen LogP contribution in [0.4, 0.5) is 0 Å². The molecule has 1 amide bonds. The van der Waals surface area contributed by atoms with Crippen molar-refractivity contribution in [2.24, 2.45) is 0 Å². The monoisotopic (exact) mass is 352 g/mol. The SMILES string of the molecule is CCCC(O)CN1CCN(Cc2nc(C(=O)N(C)CCC)co2)CC1. The third-order valence-corrected chi connectivity index (χ3v) is 4.59. The van der Waals surface area contributed by atoms with E-state index in [1.165, 1.54) is 6.26 Å². The first-order valence-electron chi connectivity index (χ1n) is 9.36. The summed E-state index contributed by atoms with van der Waals surface area (Å²) in [6, 6.07) is 0. The molecule has 25 heavy (non-hydrogen) atoms. The summed E-state index contributed by atoms with van der Waals surface area (Å²) in [6.45, 7) is 9.93. The summed E-state index contributed by atoms with van der Waals surface area (Å²) in [6.07, 6.45) is 4.03. The van der Waals surface area contributed by atoms with Crippen LogP contribution in [0.25, 0.3) is 0 Å². The molecule has 2 heterocycles. The number of aliphatic hydroxyl groups is 1. The number of oxazole rings is 1. The molecule has 0 spiro atoms. The van der Waals surface area contributed by atoms with Gasteiger partial charge < -0.3 is 14.4 Å². The van der Waals surface area contributed by atoms with Crippen molar-refractivity contribution >= 4 is 5.91 Å². The Morgan fingerprint density at radius 1 is 1.28 bits per heavy atom. The Balaban J connectivity index is 1.78. The molecular weight excluding hydrogens is 320 g/mol. The van der Waals surface area contributed by atoms with Crippen LogP contribution in [0.1, 0.15) is 49.5 Å². The van der Waals surface area contributed by atoms with E-state index in [-0.39, 0.29) is 12.0 Å². The summed E-state index contributed by atoms with van der Waals surface area (Å²) in [5, 5.41) is 9.92. The van der Waals surface area contributed by atoms with Crippen LogP contribution in [-0.2, 0) is 6.54 Å². The van der Waals surface area contributed by atoms with Crippen LogP contribution >= 0.6 is 0 Å². The fourth-order valence-corrected chi connectivity index (χ4v) is 3.16. The van der Waals surface area contributed by atoms with Gasteiger partial charge in [0, 0.05) is 46.3 Å². The molecule has 2 rings (SSSR count). The third kappa shape index (κ3) is 6.09. The number of hydrogen-bond acceptors (Lipinski definition) is 6. The van der Waals surface area contributed by atoms with E-state index in [1.807, 2.05) is 6.92 Å². The van der Waals surface area contributed by atoms with Gasteiger partial charge in [0.15, 0.2) is 5.69 Å². The van der Waals surface area contributed by atoms with Crippen molar-refractivity contribution in [3.05, 3.63) is 17.8 Å². The van der Waals surface area contributed by atoms with Gasteiger partial charge in [0.1, 0.15) is 6.26 Å². The number of rotatable bonds is 9. The summed E-state index contributed by atoms with van der Waals surface area (Å²) in [4.78, 5) is 22.8. The lowest BCUT2D eigenvalue weighted by Crippen LogP contribution is -2.48. The van der Waals surface area contributed by atoms with Gasteiger partial charge in [-0.1, -0.05) is 20.3 Å². The number of hydrogen-bond donors (Lipinski definition) is 1. The number of carbonyl (C=O) groups excluding carboxylic acids is 1. The number of β-amino-alcohol motifs (C(OH)–C–C–N with tert-alkyl or cyclic N) is 1. The first-order chi connectivity index (χ1) is 12.0. The highest BCUT2D eigenvalue weighted by Crippen LogP contribution is 2.11. The molecular formula is C18H32N4O3. The maximum absolute atomic E-state index is 12.2. The van der Waals surface area contributed by atoms with Crippen LogP contribution in [0.15, 0.2) is 10.7 Å². The average molecular weight is 352 g/mol. The highest BCUT2D eigenvalue weighted by molar-refractivity contribution is 5.91. The summed E-state index contributed by atoms with van der Waals surface area (Å²) in [7, 11) is 1.78. The first kappa shape index (κ1) is 19.9. The molecule has 1 atom stereocenters. The van der Waals surface area contributed by atoms with Gasteiger partial charge >= 0.3 is 0 Å². The molecule has 0 aromatic carbocycles. The van der Waals surface area contributed by atoms with Gasteiger partial charge in [-0.15, -0.1) is 0 Å². The van der Waals surface area contributed by atoms with Crippen molar-refractivity contribution in [1.29, 1.82) is 0 Å². The molecule has 1 N–H and O–H groups in total. The number of nitrogens with zero attached hydrogens (tertiary/aromatic N) is 4. The summed E-state index contributed by atoms with van der Waals surface area (Å²) in [5.74, 6) is 0.499. The molecule has 1 fully saturated rings. The Kier molecular flexibility index (Phi) is 7.87. The first-order valence-corrected chi connectivity index (χ1v) is 9.36. The van der Waals surface area contributed by atoms with Crippen molar-refractivity contribution in [2.75, 3.05) is 46.3 Å². The van der Waals surface area contributed by atoms with Crippen molar-refractivity contribution in [3.8, 4) is 0 Å². The second-order valence-corrected chi connectivity index (χ2v) is 6.87. The number of aliphatic hydroxyl groups excluding tert-OH is 1. The lowest BCUT2D eigenvalue weighted by atomic mass is 10.2. The molecule has 0 radical (unpaired) electrons. The number of carbonyl (C=O) groups is 1. The zero-order valence-electron chi connectivity index (χ0n) is 15.8. The largest absolute Gasteiger partial charge is 0.447 e. The lowest BCUT2D eigenvalue weighted by Gasteiger charge is -2.34. The molecule has 0 bridgehead atoms. The molecule has 0 aliphatic carbocycles. The maximum Gasteiger partial charge on any atom is 0.275 e. The molecule has 1 aromatic heterocycles.